The Morgan fingerprint density at radius 1 is 1.46 bits per heavy atom. The van der Waals surface area contributed by atoms with Gasteiger partial charge in [-0.3, -0.25) is 4.79 Å². The third-order valence-electron chi connectivity index (χ3n) is 1.89. The van der Waals surface area contributed by atoms with Crippen molar-refractivity contribution in [3.63, 3.8) is 0 Å². The number of rotatable bonds is 1. The highest BCUT2D eigenvalue weighted by Gasteiger charge is 2.14. The van der Waals surface area contributed by atoms with E-state index in [1.165, 1.54) is 5.57 Å². The molecular weight excluding hydrogens is 162 g/mol. The highest BCUT2D eigenvalue weighted by atomic mass is 16.1. The van der Waals surface area contributed by atoms with Crippen LogP contribution in [0.5, 0.6) is 0 Å². The van der Waals surface area contributed by atoms with Crippen molar-refractivity contribution in [3.8, 4) is 0 Å². The van der Waals surface area contributed by atoms with Crippen molar-refractivity contribution >= 4 is 5.91 Å². The lowest BCUT2D eigenvalue weighted by Crippen LogP contribution is -2.27. The molecule has 0 aromatic carbocycles. The van der Waals surface area contributed by atoms with Crippen LogP contribution >= 0.6 is 0 Å². The number of amides is 1. The second kappa shape index (κ2) is 4.08. The first-order valence-electron chi connectivity index (χ1n) is 4.43. The van der Waals surface area contributed by atoms with Crippen LogP contribution in [0.4, 0.5) is 0 Å². The van der Waals surface area contributed by atoms with E-state index in [0.717, 1.165) is 17.7 Å². The topological polar surface area (TPSA) is 29.1 Å². The molecule has 1 heterocycles. The fourth-order valence-corrected chi connectivity index (χ4v) is 1.11. The van der Waals surface area contributed by atoms with Gasteiger partial charge in [-0.15, -0.1) is 0 Å². The van der Waals surface area contributed by atoms with E-state index in [1.807, 2.05) is 26.0 Å². The summed E-state index contributed by atoms with van der Waals surface area (Å²) in [5.41, 5.74) is 3.08. The molecule has 0 aromatic heterocycles. The molecule has 0 radical (unpaired) electrons. The van der Waals surface area contributed by atoms with Crippen LogP contribution in [0.1, 0.15) is 26.7 Å². The SMILES string of the molecule is C=C1CCC(=O)N/C1=C/C=C(C)C. The summed E-state index contributed by atoms with van der Waals surface area (Å²) in [7, 11) is 0. The minimum atomic E-state index is 0.0841. The molecule has 1 aliphatic heterocycles. The summed E-state index contributed by atoms with van der Waals surface area (Å²) in [6.07, 6.45) is 5.22. The minimum Gasteiger partial charge on any atom is -0.326 e. The molecule has 13 heavy (non-hydrogen) atoms. The summed E-state index contributed by atoms with van der Waals surface area (Å²) in [6, 6.07) is 0. The maximum atomic E-state index is 11.0. The Labute approximate surface area is 79.0 Å². The van der Waals surface area contributed by atoms with Gasteiger partial charge in [0.05, 0.1) is 0 Å². The minimum absolute atomic E-state index is 0.0841. The van der Waals surface area contributed by atoms with Crippen molar-refractivity contribution < 1.29 is 4.79 Å². The molecule has 0 spiro atoms. The standard InChI is InChI=1S/C11H15NO/c1-8(2)4-6-10-9(3)5-7-11(13)12-10/h4,6H,3,5,7H2,1-2H3,(H,12,13)/b10-6+. The fraction of sp³-hybridized carbons (Fsp3) is 0.364. The first-order valence-corrected chi connectivity index (χ1v) is 4.43. The third-order valence-corrected chi connectivity index (χ3v) is 1.89. The lowest BCUT2D eigenvalue weighted by Gasteiger charge is -2.17. The van der Waals surface area contributed by atoms with E-state index in [-0.39, 0.29) is 5.91 Å². The van der Waals surface area contributed by atoms with Crippen molar-refractivity contribution in [2.24, 2.45) is 0 Å². The molecule has 0 aliphatic carbocycles. The Morgan fingerprint density at radius 3 is 2.77 bits per heavy atom. The van der Waals surface area contributed by atoms with Gasteiger partial charge in [0.2, 0.25) is 5.91 Å². The van der Waals surface area contributed by atoms with Crippen molar-refractivity contribution in [1.82, 2.24) is 5.32 Å². The van der Waals surface area contributed by atoms with Crippen molar-refractivity contribution in [1.29, 1.82) is 0 Å². The van der Waals surface area contributed by atoms with Gasteiger partial charge in [0.1, 0.15) is 0 Å². The first kappa shape index (κ1) is 9.78. The molecule has 1 aliphatic rings. The number of carbonyl (C=O) groups excluding carboxylic acids is 1. The summed E-state index contributed by atoms with van der Waals surface area (Å²) in [5, 5.41) is 2.80. The second-order valence-corrected chi connectivity index (χ2v) is 3.48. The number of piperidine rings is 1. The van der Waals surface area contributed by atoms with Crippen LogP contribution < -0.4 is 5.32 Å². The Balaban J connectivity index is 2.77. The average molecular weight is 177 g/mol. The molecule has 0 bridgehead atoms. The normalized spacial score (nSPS) is 20.0. The van der Waals surface area contributed by atoms with Gasteiger partial charge in [-0.1, -0.05) is 18.2 Å². The van der Waals surface area contributed by atoms with E-state index < -0.39 is 0 Å². The van der Waals surface area contributed by atoms with Crippen LogP contribution in [0.2, 0.25) is 0 Å². The van der Waals surface area contributed by atoms with Gasteiger partial charge in [0, 0.05) is 12.1 Å². The van der Waals surface area contributed by atoms with Gasteiger partial charge < -0.3 is 5.32 Å². The molecule has 1 fully saturated rings. The Kier molecular flexibility index (Phi) is 3.07. The summed E-state index contributed by atoms with van der Waals surface area (Å²) < 4.78 is 0. The molecule has 70 valence electrons. The van der Waals surface area contributed by atoms with E-state index in [4.69, 9.17) is 0 Å². The second-order valence-electron chi connectivity index (χ2n) is 3.48. The van der Waals surface area contributed by atoms with Gasteiger partial charge >= 0.3 is 0 Å². The van der Waals surface area contributed by atoms with Crippen LogP contribution in [0.25, 0.3) is 0 Å². The smallest absolute Gasteiger partial charge is 0.224 e. The maximum Gasteiger partial charge on any atom is 0.224 e. The van der Waals surface area contributed by atoms with E-state index in [1.54, 1.807) is 0 Å². The summed E-state index contributed by atoms with van der Waals surface area (Å²) in [5.74, 6) is 0.0841. The number of carbonyl (C=O) groups is 1. The average Bonchev–Trinajstić information content (AvgIpc) is 2.06. The van der Waals surface area contributed by atoms with Gasteiger partial charge in [0.15, 0.2) is 0 Å². The van der Waals surface area contributed by atoms with Gasteiger partial charge in [-0.25, -0.2) is 0 Å². The lowest BCUT2D eigenvalue weighted by atomic mass is 10.0. The molecule has 1 rings (SSSR count). The fourth-order valence-electron chi connectivity index (χ4n) is 1.11. The molecule has 2 nitrogen and oxygen atoms in total. The first-order chi connectivity index (χ1) is 6.09. The number of nitrogens with one attached hydrogen (secondary N) is 1. The highest BCUT2D eigenvalue weighted by molar-refractivity contribution is 5.81. The van der Waals surface area contributed by atoms with Crippen LogP contribution in [0.15, 0.2) is 35.6 Å². The van der Waals surface area contributed by atoms with Gasteiger partial charge in [-0.2, -0.15) is 0 Å². The van der Waals surface area contributed by atoms with Gasteiger partial charge in [0.25, 0.3) is 0 Å². The highest BCUT2D eigenvalue weighted by Crippen LogP contribution is 2.17. The summed E-state index contributed by atoms with van der Waals surface area (Å²) in [4.78, 5) is 11.0. The molecule has 0 aromatic rings. The number of hydrogen-bond acceptors (Lipinski definition) is 1. The molecular formula is C11H15NO. The molecule has 0 atom stereocenters. The monoisotopic (exact) mass is 177 g/mol. The largest absolute Gasteiger partial charge is 0.326 e. The van der Waals surface area contributed by atoms with Crippen LogP contribution in [-0.2, 0) is 4.79 Å². The summed E-state index contributed by atoms with van der Waals surface area (Å²) >= 11 is 0. The van der Waals surface area contributed by atoms with Crippen molar-refractivity contribution in [3.05, 3.63) is 35.6 Å². The Bertz CT molecular complexity index is 293. The molecule has 0 saturated carbocycles. The quantitative estimate of drug-likeness (QED) is 0.654. The lowest BCUT2D eigenvalue weighted by molar-refractivity contribution is -0.120. The Hall–Kier alpha value is -1.31. The molecule has 0 unspecified atom stereocenters. The maximum absolute atomic E-state index is 11.0. The zero-order valence-electron chi connectivity index (χ0n) is 8.18. The number of hydrogen-bond donors (Lipinski definition) is 1. The van der Waals surface area contributed by atoms with Crippen LogP contribution in [-0.4, -0.2) is 5.91 Å². The zero-order valence-corrected chi connectivity index (χ0v) is 8.18. The van der Waals surface area contributed by atoms with E-state index in [0.29, 0.717) is 6.42 Å². The van der Waals surface area contributed by atoms with E-state index >= 15 is 0 Å². The predicted octanol–water partition coefficient (Wildman–Crippen LogP) is 2.30. The number of allylic oxidation sites excluding steroid dienone is 4. The van der Waals surface area contributed by atoms with Crippen molar-refractivity contribution in [2.45, 2.75) is 26.7 Å². The third kappa shape index (κ3) is 2.90. The van der Waals surface area contributed by atoms with Crippen LogP contribution in [0.3, 0.4) is 0 Å². The van der Waals surface area contributed by atoms with E-state index in [9.17, 15) is 4.79 Å². The van der Waals surface area contributed by atoms with Crippen LogP contribution in [0, 0.1) is 0 Å². The van der Waals surface area contributed by atoms with E-state index in [2.05, 4.69) is 11.9 Å². The molecule has 1 N–H and O–H groups in total. The summed E-state index contributed by atoms with van der Waals surface area (Å²) in [6.45, 7) is 7.93. The molecule has 2 heteroatoms. The zero-order chi connectivity index (χ0) is 9.84. The van der Waals surface area contributed by atoms with Crippen molar-refractivity contribution in [2.75, 3.05) is 0 Å². The Morgan fingerprint density at radius 2 is 2.15 bits per heavy atom. The predicted molar refractivity (Wildman–Crippen MR) is 54.0 cm³/mol. The molecule has 1 amide bonds. The molecule has 1 saturated heterocycles. The van der Waals surface area contributed by atoms with Gasteiger partial charge in [-0.05, 0) is 31.9 Å².